The van der Waals surface area contributed by atoms with Crippen LogP contribution >= 0.6 is 0 Å². The zero-order chi connectivity index (χ0) is 22.6. The lowest BCUT2D eigenvalue weighted by Gasteiger charge is -2.32. The smallest absolute Gasteiger partial charge is 0.220 e. The van der Waals surface area contributed by atoms with Gasteiger partial charge in [-0.05, 0) is 38.7 Å². The number of carbonyl (C=O) groups is 1. The number of anilines is 1. The zero-order valence-corrected chi connectivity index (χ0v) is 19.2. The molecule has 4 N–H and O–H groups in total. The van der Waals surface area contributed by atoms with Crippen LogP contribution in [0.25, 0.3) is 0 Å². The van der Waals surface area contributed by atoms with Gasteiger partial charge in [0.05, 0.1) is 19.8 Å². The van der Waals surface area contributed by atoms with Crippen LogP contribution in [0.2, 0.25) is 0 Å². The average Bonchev–Trinajstić information content (AvgIpc) is 3.33. The van der Waals surface area contributed by atoms with E-state index >= 15 is 0 Å². The van der Waals surface area contributed by atoms with Gasteiger partial charge in [-0.1, -0.05) is 6.07 Å². The third kappa shape index (κ3) is 7.63. The summed E-state index contributed by atoms with van der Waals surface area (Å²) in [6.45, 7) is 8.97. The first-order valence-electron chi connectivity index (χ1n) is 11.8. The van der Waals surface area contributed by atoms with Gasteiger partial charge in [0.15, 0.2) is 5.96 Å². The van der Waals surface area contributed by atoms with Gasteiger partial charge in [0.25, 0.3) is 0 Å². The molecule has 32 heavy (non-hydrogen) atoms. The summed E-state index contributed by atoms with van der Waals surface area (Å²) in [6.07, 6.45) is 5.38. The Morgan fingerprint density at radius 3 is 2.91 bits per heavy atom. The van der Waals surface area contributed by atoms with Crippen LogP contribution in [0.15, 0.2) is 23.3 Å². The third-order valence-electron chi connectivity index (χ3n) is 5.95. The molecule has 0 saturated carbocycles. The van der Waals surface area contributed by atoms with Gasteiger partial charge in [-0.15, -0.1) is 0 Å². The van der Waals surface area contributed by atoms with Crippen LogP contribution in [-0.4, -0.2) is 69.5 Å². The zero-order valence-electron chi connectivity index (χ0n) is 19.2. The highest BCUT2D eigenvalue weighted by atomic mass is 16.5. The second-order valence-corrected chi connectivity index (χ2v) is 8.43. The van der Waals surface area contributed by atoms with Gasteiger partial charge < -0.3 is 30.7 Å². The molecule has 1 aromatic rings. The van der Waals surface area contributed by atoms with E-state index in [1.54, 1.807) is 0 Å². The molecule has 1 unspecified atom stereocenters. The van der Waals surface area contributed by atoms with Crippen molar-refractivity contribution < 1.29 is 14.3 Å². The molecule has 3 rings (SSSR count). The van der Waals surface area contributed by atoms with E-state index in [0.717, 1.165) is 95.6 Å². The number of aromatic nitrogens is 1. The number of aliphatic imine (C=N–C) groups is 1. The fourth-order valence-electron chi connectivity index (χ4n) is 4.07. The second-order valence-electron chi connectivity index (χ2n) is 8.43. The molecule has 2 fully saturated rings. The lowest BCUT2D eigenvalue weighted by atomic mass is 9.96. The summed E-state index contributed by atoms with van der Waals surface area (Å²) < 4.78 is 11.1. The van der Waals surface area contributed by atoms with Crippen LogP contribution in [0.4, 0.5) is 5.82 Å². The van der Waals surface area contributed by atoms with E-state index in [-0.39, 0.29) is 11.8 Å². The molecule has 1 atom stereocenters. The number of carbonyl (C=O) groups excluding carboxylic acids is 1. The first-order chi connectivity index (χ1) is 15.7. The lowest BCUT2D eigenvalue weighted by molar-refractivity contribution is -0.122. The fraction of sp³-hybridized carbons (Fsp3) is 0.696. The highest BCUT2D eigenvalue weighted by Gasteiger charge is 2.24. The van der Waals surface area contributed by atoms with E-state index in [4.69, 9.17) is 20.2 Å². The van der Waals surface area contributed by atoms with Crippen molar-refractivity contribution in [3.8, 4) is 0 Å². The van der Waals surface area contributed by atoms with E-state index in [0.29, 0.717) is 12.5 Å². The molecule has 3 heterocycles. The number of nitrogens with one attached hydrogen (secondary N) is 2. The normalized spacial score (nSPS) is 19.8. The minimum Gasteiger partial charge on any atom is -0.381 e. The van der Waals surface area contributed by atoms with Gasteiger partial charge in [0.2, 0.25) is 5.91 Å². The summed E-state index contributed by atoms with van der Waals surface area (Å²) in [4.78, 5) is 23.0. The summed E-state index contributed by atoms with van der Waals surface area (Å²) in [5.74, 6) is 2.06. The third-order valence-corrected chi connectivity index (χ3v) is 5.95. The molecule has 2 aliphatic rings. The molecule has 2 saturated heterocycles. The molecule has 0 radical (unpaired) electrons. The van der Waals surface area contributed by atoms with E-state index in [9.17, 15) is 4.79 Å². The highest BCUT2D eigenvalue weighted by molar-refractivity contribution is 5.79. The van der Waals surface area contributed by atoms with Crippen molar-refractivity contribution in [3.63, 3.8) is 0 Å². The molecule has 9 heteroatoms. The molecule has 1 amide bonds. The molecule has 0 aliphatic carbocycles. The average molecular weight is 447 g/mol. The lowest BCUT2D eigenvalue weighted by Crippen LogP contribution is -2.39. The Morgan fingerprint density at radius 1 is 1.34 bits per heavy atom. The van der Waals surface area contributed by atoms with Gasteiger partial charge in [0.1, 0.15) is 5.82 Å². The van der Waals surface area contributed by atoms with Crippen molar-refractivity contribution >= 4 is 17.7 Å². The molecular weight excluding hydrogens is 408 g/mol. The number of guanidine groups is 1. The molecular formula is C23H38N6O3. The molecule has 0 spiro atoms. The van der Waals surface area contributed by atoms with Gasteiger partial charge in [-0.25, -0.2) is 9.98 Å². The minimum atomic E-state index is -0.199. The van der Waals surface area contributed by atoms with E-state index in [2.05, 4.69) is 33.5 Å². The van der Waals surface area contributed by atoms with E-state index < -0.39 is 0 Å². The fourth-order valence-corrected chi connectivity index (χ4v) is 4.07. The van der Waals surface area contributed by atoms with Crippen molar-refractivity contribution in [2.45, 2.75) is 39.2 Å². The molecule has 178 valence electrons. The Bertz CT molecular complexity index is 730. The van der Waals surface area contributed by atoms with E-state index in [1.807, 2.05) is 12.3 Å². The van der Waals surface area contributed by atoms with Crippen molar-refractivity contribution in [2.24, 2.45) is 22.6 Å². The largest absolute Gasteiger partial charge is 0.381 e. The van der Waals surface area contributed by atoms with Crippen molar-refractivity contribution in [1.29, 1.82) is 0 Å². The molecule has 0 bridgehead atoms. The topological polar surface area (TPSA) is 114 Å². The molecule has 1 aromatic heterocycles. The Labute approximate surface area is 191 Å². The van der Waals surface area contributed by atoms with Gasteiger partial charge >= 0.3 is 0 Å². The van der Waals surface area contributed by atoms with E-state index in [1.165, 1.54) is 0 Å². The molecule has 9 nitrogen and oxygen atoms in total. The van der Waals surface area contributed by atoms with Crippen LogP contribution in [0.1, 0.15) is 38.2 Å². The van der Waals surface area contributed by atoms with Crippen LogP contribution < -0.4 is 21.3 Å². The van der Waals surface area contributed by atoms with Gasteiger partial charge in [0, 0.05) is 63.0 Å². The summed E-state index contributed by atoms with van der Waals surface area (Å²) in [5, 5.41) is 6.69. The number of ether oxygens (including phenoxy) is 2. The number of nitrogens with zero attached hydrogens (tertiary/aromatic N) is 3. The Balaban J connectivity index is 1.46. The second kappa shape index (κ2) is 13.2. The number of amides is 1. The number of nitrogens with two attached hydrogens (primary N) is 1. The summed E-state index contributed by atoms with van der Waals surface area (Å²) in [6, 6.07) is 4.01. The maximum absolute atomic E-state index is 11.5. The molecule has 2 aliphatic heterocycles. The highest BCUT2D eigenvalue weighted by Crippen LogP contribution is 2.24. The van der Waals surface area contributed by atoms with Crippen LogP contribution in [-0.2, 0) is 20.8 Å². The van der Waals surface area contributed by atoms with Crippen LogP contribution in [0.3, 0.4) is 0 Å². The van der Waals surface area contributed by atoms with Crippen LogP contribution in [0, 0.1) is 11.8 Å². The maximum Gasteiger partial charge on any atom is 0.220 e. The number of rotatable bonds is 11. The first-order valence-corrected chi connectivity index (χ1v) is 11.8. The molecule has 0 aromatic carbocycles. The van der Waals surface area contributed by atoms with Gasteiger partial charge in [-0.3, -0.25) is 4.79 Å². The number of hydrogen-bond donors (Lipinski definition) is 3. The first kappa shape index (κ1) is 24.3. The summed E-state index contributed by atoms with van der Waals surface area (Å²) in [5.41, 5.74) is 6.54. The number of pyridine rings is 1. The quantitative estimate of drug-likeness (QED) is 0.267. The van der Waals surface area contributed by atoms with Gasteiger partial charge in [-0.2, -0.15) is 0 Å². The van der Waals surface area contributed by atoms with Crippen molar-refractivity contribution in [1.82, 2.24) is 15.6 Å². The monoisotopic (exact) mass is 446 g/mol. The maximum atomic E-state index is 11.5. The predicted octanol–water partition coefficient (Wildman–Crippen LogP) is 1.28. The summed E-state index contributed by atoms with van der Waals surface area (Å²) >= 11 is 0. The van der Waals surface area contributed by atoms with Crippen LogP contribution in [0.5, 0.6) is 0 Å². The Hall–Kier alpha value is -2.39. The Morgan fingerprint density at radius 2 is 2.19 bits per heavy atom. The predicted molar refractivity (Wildman–Crippen MR) is 126 cm³/mol. The van der Waals surface area contributed by atoms with Crippen molar-refractivity contribution in [2.75, 3.05) is 57.5 Å². The number of piperidine rings is 1. The standard InChI is InChI=1S/C23H38N6O3/c1-2-25-23(27-10-4-13-31-16-18-8-14-32-17-18)28-15-20-5-3-9-26-22(20)29-11-6-19(7-12-29)21(24)30/h3,5,9,18-19H,2,4,6-8,10-17H2,1H3,(H2,24,30)(H2,25,27,28). The number of hydrogen-bond acceptors (Lipinski definition) is 6. The SMILES string of the molecule is CCNC(=NCc1cccnc1N1CCC(C(N)=O)CC1)NCCCOCC1CCOC1. The number of primary amides is 1. The summed E-state index contributed by atoms with van der Waals surface area (Å²) in [7, 11) is 0. The van der Waals surface area contributed by atoms with Crippen molar-refractivity contribution in [3.05, 3.63) is 23.9 Å². The Kier molecular flexibility index (Phi) is 10.0. The minimum absolute atomic E-state index is 0.0310.